The number of para-hydroxylation sites is 1. The van der Waals surface area contributed by atoms with Crippen molar-refractivity contribution >= 4 is 5.91 Å². The zero-order valence-electron chi connectivity index (χ0n) is 12.6. The maximum atomic E-state index is 11.9. The number of hydrogen-bond acceptors (Lipinski definition) is 4. The number of benzene rings is 1. The highest BCUT2D eigenvalue weighted by molar-refractivity contribution is 5.76. The number of hydrogen-bond donors (Lipinski definition) is 2. The summed E-state index contributed by atoms with van der Waals surface area (Å²) in [7, 11) is 1.62. The molecule has 2 N–H and O–H groups in total. The van der Waals surface area contributed by atoms with Gasteiger partial charge in [-0.3, -0.25) is 4.79 Å². The van der Waals surface area contributed by atoms with Gasteiger partial charge in [0.15, 0.2) is 0 Å². The maximum absolute atomic E-state index is 11.9. The van der Waals surface area contributed by atoms with Crippen LogP contribution < -0.4 is 10.1 Å². The second-order valence-electron chi connectivity index (χ2n) is 5.46. The first-order chi connectivity index (χ1) is 10.0. The third-order valence-corrected chi connectivity index (χ3v) is 4.07. The Hall–Kier alpha value is -1.59. The van der Waals surface area contributed by atoms with Crippen molar-refractivity contribution in [3.63, 3.8) is 0 Å². The number of nitrogens with one attached hydrogen (secondary N) is 1. The molecule has 116 valence electrons. The van der Waals surface area contributed by atoms with E-state index >= 15 is 0 Å². The number of aryl methyl sites for hydroxylation is 1. The van der Waals surface area contributed by atoms with Gasteiger partial charge in [0.25, 0.3) is 0 Å². The van der Waals surface area contributed by atoms with Crippen molar-refractivity contribution in [2.75, 3.05) is 20.3 Å². The molecule has 1 heterocycles. The molecular weight excluding hydrogens is 270 g/mol. The normalized spacial score (nSPS) is 24.8. The Labute approximate surface area is 125 Å². The lowest BCUT2D eigenvalue weighted by Crippen LogP contribution is -2.47. The zero-order chi connectivity index (χ0) is 15.3. The molecule has 0 radical (unpaired) electrons. The lowest BCUT2D eigenvalue weighted by Gasteiger charge is -2.26. The molecule has 1 saturated heterocycles. The van der Waals surface area contributed by atoms with E-state index in [0.29, 0.717) is 25.9 Å². The molecule has 2 rings (SSSR count). The van der Waals surface area contributed by atoms with E-state index in [1.54, 1.807) is 7.11 Å². The summed E-state index contributed by atoms with van der Waals surface area (Å²) in [6, 6.07) is 7.66. The molecule has 1 amide bonds. The Kier molecular flexibility index (Phi) is 5.20. The Morgan fingerprint density at radius 2 is 2.29 bits per heavy atom. The van der Waals surface area contributed by atoms with Crippen molar-refractivity contribution in [1.29, 1.82) is 0 Å². The van der Waals surface area contributed by atoms with Crippen LogP contribution in [0.2, 0.25) is 0 Å². The number of carbonyl (C=O) groups excluding carboxylic acids is 1. The van der Waals surface area contributed by atoms with Crippen molar-refractivity contribution in [3.05, 3.63) is 29.8 Å². The highest BCUT2D eigenvalue weighted by atomic mass is 16.5. The number of amides is 1. The summed E-state index contributed by atoms with van der Waals surface area (Å²) in [6.45, 7) is 2.60. The van der Waals surface area contributed by atoms with Gasteiger partial charge < -0.3 is 19.9 Å². The van der Waals surface area contributed by atoms with E-state index in [1.807, 2.05) is 31.2 Å². The first-order valence-corrected chi connectivity index (χ1v) is 7.28. The summed E-state index contributed by atoms with van der Waals surface area (Å²) in [5, 5.41) is 13.1. The minimum atomic E-state index is -0.944. The molecule has 0 spiro atoms. The minimum Gasteiger partial charge on any atom is -0.496 e. The molecular formula is C16H23NO4. The van der Waals surface area contributed by atoms with Gasteiger partial charge in [0.05, 0.1) is 13.2 Å². The van der Waals surface area contributed by atoms with Crippen molar-refractivity contribution in [1.82, 2.24) is 5.32 Å². The van der Waals surface area contributed by atoms with E-state index in [2.05, 4.69) is 5.32 Å². The van der Waals surface area contributed by atoms with E-state index < -0.39 is 5.60 Å². The van der Waals surface area contributed by atoms with Crippen molar-refractivity contribution in [2.45, 2.75) is 37.9 Å². The van der Waals surface area contributed by atoms with E-state index in [1.165, 1.54) is 0 Å². The summed E-state index contributed by atoms with van der Waals surface area (Å²) in [4.78, 5) is 11.9. The monoisotopic (exact) mass is 293 g/mol. The average Bonchev–Trinajstić information content (AvgIpc) is 2.83. The summed E-state index contributed by atoms with van der Waals surface area (Å²) in [5.41, 5.74) is 0.0616. The molecule has 1 aromatic rings. The molecule has 5 heteroatoms. The van der Waals surface area contributed by atoms with Crippen LogP contribution >= 0.6 is 0 Å². The topological polar surface area (TPSA) is 67.8 Å². The van der Waals surface area contributed by atoms with E-state index in [9.17, 15) is 9.90 Å². The van der Waals surface area contributed by atoms with Gasteiger partial charge in [-0.15, -0.1) is 0 Å². The largest absolute Gasteiger partial charge is 0.496 e. The predicted molar refractivity (Wildman–Crippen MR) is 79.3 cm³/mol. The fourth-order valence-corrected chi connectivity index (χ4v) is 2.50. The summed E-state index contributed by atoms with van der Waals surface area (Å²) in [5.74, 6) is 0.718. The molecule has 0 aromatic heterocycles. The molecule has 0 bridgehead atoms. The van der Waals surface area contributed by atoms with Crippen LogP contribution in [0, 0.1) is 0 Å². The van der Waals surface area contributed by atoms with Crippen molar-refractivity contribution in [2.24, 2.45) is 0 Å². The highest BCUT2D eigenvalue weighted by Crippen LogP contribution is 2.24. The van der Waals surface area contributed by atoms with Crippen LogP contribution in [-0.4, -0.2) is 43.0 Å². The van der Waals surface area contributed by atoms with Gasteiger partial charge in [-0.25, -0.2) is 0 Å². The summed E-state index contributed by atoms with van der Waals surface area (Å²) < 4.78 is 10.6. The molecule has 1 aliphatic heterocycles. The molecule has 0 saturated carbocycles. The van der Waals surface area contributed by atoms with E-state index in [-0.39, 0.29) is 18.6 Å². The van der Waals surface area contributed by atoms with Gasteiger partial charge >= 0.3 is 0 Å². The van der Waals surface area contributed by atoms with Crippen LogP contribution in [0.4, 0.5) is 0 Å². The molecule has 2 unspecified atom stereocenters. The van der Waals surface area contributed by atoms with Gasteiger partial charge in [-0.2, -0.15) is 0 Å². The van der Waals surface area contributed by atoms with Crippen LogP contribution in [0.1, 0.15) is 25.3 Å². The van der Waals surface area contributed by atoms with Crippen LogP contribution in [0.15, 0.2) is 24.3 Å². The zero-order valence-corrected chi connectivity index (χ0v) is 12.6. The third kappa shape index (κ3) is 3.95. The molecule has 5 nitrogen and oxygen atoms in total. The molecule has 2 atom stereocenters. The Morgan fingerprint density at radius 1 is 1.52 bits per heavy atom. The van der Waals surface area contributed by atoms with Crippen molar-refractivity contribution in [3.8, 4) is 5.75 Å². The quantitative estimate of drug-likeness (QED) is 0.829. The number of rotatable bonds is 6. The second kappa shape index (κ2) is 6.91. The van der Waals surface area contributed by atoms with Crippen LogP contribution in [-0.2, 0) is 16.0 Å². The second-order valence-corrected chi connectivity index (χ2v) is 5.46. The first kappa shape index (κ1) is 15.8. The number of methoxy groups -OCH3 is 1. The third-order valence-electron chi connectivity index (χ3n) is 4.07. The lowest BCUT2D eigenvalue weighted by molar-refractivity contribution is -0.122. The van der Waals surface area contributed by atoms with E-state index in [0.717, 1.165) is 11.3 Å². The summed E-state index contributed by atoms with van der Waals surface area (Å²) in [6.07, 6.45) is 1.29. The van der Waals surface area contributed by atoms with E-state index in [4.69, 9.17) is 9.47 Å². The van der Waals surface area contributed by atoms with Crippen LogP contribution in [0.5, 0.6) is 5.75 Å². The maximum Gasteiger partial charge on any atom is 0.220 e. The Morgan fingerprint density at radius 3 is 2.95 bits per heavy atom. The van der Waals surface area contributed by atoms with Gasteiger partial charge in [0, 0.05) is 26.0 Å². The Balaban J connectivity index is 1.80. The molecule has 1 aliphatic rings. The van der Waals surface area contributed by atoms with Gasteiger partial charge in [-0.05, 0) is 25.0 Å². The van der Waals surface area contributed by atoms with Gasteiger partial charge in [0.2, 0.25) is 5.91 Å². The van der Waals surface area contributed by atoms with Gasteiger partial charge in [-0.1, -0.05) is 18.2 Å². The molecule has 1 fully saturated rings. The Bertz CT molecular complexity index is 491. The fraction of sp³-hybridized carbons (Fsp3) is 0.562. The first-order valence-electron chi connectivity index (χ1n) is 7.28. The highest BCUT2D eigenvalue weighted by Gasteiger charge is 2.39. The van der Waals surface area contributed by atoms with Crippen LogP contribution in [0.25, 0.3) is 0 Å². The minimum absolute atomic E-state index is 0.0755. The smallest absolute Gasteiger partial charge is 0.220 e. The standard InChI is InChI=1S/C16H23NO4/c1-12-16(19,9-10-21-12)11-17-15(18)8-7-13-5-3-4-6-14(13)20-2/h3-6,12,19H,7-11H2,1-2H3,(H,17,18). The number of aliphatic hydroxyl groups is 1. The molecule has 21 heavy (non-hydrogen) atoms. The average molecular weight is 293 g/mol. The molecule has 0 aliphatic carbocycles. The fourth-order valence-electron chi connectivity index (χ4n) is 2.50. The van der Waals surface area contributed by atoms with Crippen LogP contribution in [0.3, 0.4) is 0 Å². The molecule has 1 aromatic carbocycles. The predicted octanol–water partition coefficient (Wildman–Crippen LogP) is 1.28. The van der Waals surface area contributed by atoms with Crippen molar-refractivity contribution < 1.29 is 19.4 Å². The number of ether oxygens (including phenoxy) is 2. The SMILES string of the molecule is COc1ccccc1CCC(=O)NCC1(O)CCOC1C. The lowest BCUT2D eigenvalue weighted by atomic mass is 9.96. The van der Waals surface area contributed by atoms with Gasteiger partial charge in [0.1, 0.15) is 11.4 Å². The number of carbonyl (C=O) groups is 1. The summed E-state index contributed by atoms with van der Waals surface area (Å²) >= 11 is 0.